The number of amidine groups is 1. The molecule has 24 heavy (non-hydrogen) atoms. The van der Waals surface area contributed by atoms with Crippen molar-refractivity contribution in [1.82, 2.24) is 20.1 Å². The van der Waals surface area contributed by atoms with Crippen LogP contribution in [0.3, 0.4) is 0 Å². The summed E-state index contributed by atoms with van der Waals surface area (Å²) in [5.41, 5.74) is 0.913. The van der Waals surface area contributed by atoms with Crippen LogP contribution >= 0.6 is 0 Å². The number of aromatic nitrogens is 1. The van der Waals surface area contributed by atoms with Gasteiger partial charge in [0.2, 0.25) is 5.91 Å². The number of amides is 1. The average molecular weight is 329 g/mol. The molecule has 1 amide bonds. The third-order valence-electron chi connectivity index (χ3n) is 4.91. The van der Waals surface area contributed by atoms with E-state index in [9.17, 15) is 4.79 Å². The lowest BCUT2D eigenvalue weighted by Gasteiger charge is -2.36. The number of hydrogen-bond donors (Lipinski definition) is 1. The fraction of sp³-hybridized carbons (Fsp3) is 0.611. The van der Waals surface area contributed by atoms with E-state index in [2.05, 4.69) is 41.0 Å². The van der Waals surface area contributed by atoms with Gasteiger partial charge >= 0.3 is 0 Å². The van der Waals surface area contributed by atoms with Crippen LogP contribution in [0, 0.1) is 0 Å². The van der Waals surface area contributed by atoms with E-state index < -0.39 is 0 Å². The Morgan fingerprint density at radius 1 is 1.33 bits per heavy atom. The van der Waals surface area contributed by atoms with Crippen molar-refractivity contribution in [2.24, 2.45) is 4.99 Å². The maximum Gasteiger partial charge on any atom is 0.220 e. The van der Waals surface area contributed by atoms with Gasteiger partial charge < -0.3 is 15.1 Å². The molecule has 2 aliphatic heterocycles. The third-order valence-corrected chi connectivity index (χ3v) is 4.91. The maximum atomic E-state index is 12.0. The third kappa shape index (κ3) is 3.75. The number of nitrogens with zero attached hydrogens (tertiary/aromatic N) is 4. The molecule has 6 heteroatoms. The lowest BCUT2D eigenvalue weighted by molar-refractivity contribution is -0.122. The minimum absolute atomic E-state index is 0.157. The van der Waals surface area contributed by atoms with E-state index in [1.54, 1.807) is 6.20 Å². The number of rotatable bonds is 6. The number of hydrogen-bond acceptors (Lipinski definition) is 5. The molecule has 0 aromatic carbocycles. The Bertz CT molecular complexity index is 597. The second-order valence-electron chi connectivity index (χ2n) is 6.93. The number of carbonyl (C=O) groups excluding carboxylic acids is 1. The zero-order valence-corrected chi connectivity index (χ0v) is 14.8. The standard InChI is InChI=1S/C18H27N5O/c1-13-14(2)23(18(20-13)16-7-4-5-9-19-16)10-6-8-17(24)21-15-11-22(3)12-15/h4-5,7,9,13-15H,6,8,10-12H2,1-3H3,(H,21,24). The first-order chi connectivity index (χ1) is 11.5. The summed E-state index contributed by atoms with van der Waals surface area (Å²) in [6, 6.07) is 6.82. The Labute approximate surface area is 144 Å². The summed E-state index contributed by atoms with van der Waals surface area (Å²) in [5.74, 6) is 1.11. The van der Waals surface area contributed by atoms with Gasteiger partial charge in [0.1, 0.15) is 5.69 Å². The molecule has 3 heterocycles. The molecule has 1 aromatic heterocycles. The first kappa shape index (κ1) is 16.9. The molecule has 1 N–H and O–H groups in total. The van der Waals surface area contributed by atoms with Crippen molar-refractivity contribution in [3.63, 3.8) is 0 Å². The van der Waals surface area contributed by atoms with Crippen molar-refractivity contribution in [3.05, 3.63) is 30.1 Å². The summed E-state index contributed by atoms with van der Waals surface area (Å²) in [7, 11) is 2.07. The van der Waals surface area contributed by atoms with Gasteiger partial charge in [0.05, 0.1) is 12.1 Å². The monoisotopic (exact) mass is 329 g/mol. The van der Waals surface area contributed by atoms with Crippen LogP contribution in [0.15, 0.2) is 29.4 Å². The van der Waals surface area contributed by atoms with E-state index in [4.69, 9.17) is 4.99 Å². The molecule has 1 saturated heterocycles. The molecular weight excluding hydrogens is 302 g/mol. The van der Waals surface area contributed by atoms with Gasteiger partial charge in [0.25, 0.3) is 0 Å². The summed E-state index contributed by atoms with van der Waals surface area (Å²) in [6.07, 6.45) is 3.19. The van der Waals surface area contributed by atoms with Gasteiger partial charge in [-0.1, -0.05) is 6.07 Å². The highest BCUT2D eigenvalue weighted by atomic mass is 16.1. The van der Waals surface area contributed by atoms with E-state index in [0.29, 0.717) is 18.5 Å². The first-order valence-corrected chi connectivity index (χ1v) is 8.78. The maximum absolute atomic E-state index is 12.0. The van der Waals surface area contributed by atoms with Crippen LogP contribution in [0.2, 0.25) is 0 Å². The van der Waals surface area contributed by atoms with Gasteiger partial charge in [0.15, 0.2) is 5.84 Å². The minimum Gasteiger partial charge on any atom is -0.351 e. The Morgan fingerprint density at radius 3 is 2.79 bits per heavy atom. The average Bonchev–Trinajstić information content (AvgIpc) is 2.83. The van der Waals surface area contributed by atoms with Crippen LogP contribution in [0.5, 0.6) is 0 Å². The number of likely N-dealkylation sites (N-methyl/N-ethyl adjacent to an activating group) is 1. The van der Waals surface area contributed by atoms with Gasteiger partial charge in [0, 0.05) is 38.3 Å². The lowest BCUT2D eigenvalue weighted by atomic mass is 10.1. The van der Waals surface area contributed by atoms with Crippen molar-refractivity contribution in [3.8, 4) is 0 Å². The Morgan fingerprint density at radius 2 is 2.12 bits per heavy atom. The van der Waals surface area contributed by atoms with Crippen LogP contribution in [-0.4, -0.2) is 71.3 Å². The van der Waals surface area contributed by atoms with Gasteiger partial charge in [-0.15, -0.1) is 0 Å². The molecule has 130 valence electrons. The number of likely N-dealkylation sites (tertiary alicyclic amines) is 1. The fourth-order valence-electron chi connectivity index (χ4n) is 3.35. The van der Waals surface area contributed by atoms with Crippen molar-refractivity contribution in [2.45, 2.75) is 44.8 Å². The molecule has 3 rings (SSSR count). The van der Waals surface area contributed by atoms with E-state index >= 15 is 0 Å². The summed E-state index contributed by atoms with van der Waals surface area (Å²) >= 11 is 0. The van der Waals surface area contributed by atoms with Crippen molar-refractivity contribution >= 4 is 11.7 Å². The molecule has 2 unspecified atom stereocenters. The van der Waals surface area contributed by atoms with Gasteiger partial charge in [-0.3, -0.25) is 14.8 Å². The topological polar surface area (TPSA) is 60.8 Å². The highest BCUT2D eigenvalue weighted by molar-refractivity contribution is 5.98. The predicted molar refractivity (Wildman–Crippen MR) is 95.1 cm³/mol. The number of aliphatic imine (C=N–C) groups is 1. The second kappa shape index (κ2) is 7.30. The summed E-state index contributed by atoms with van der Waals surface area (Å²) < 4.78 is 0. The quantitative estimate of drug-likeness (QED) is 0.850. The molecule has 0 saturated carbocycles. The van der Waals surface area contributed by atoms with Crippen molar-refractivity contribution in [1.29, 1.82) is 0 Å². The Kier molecular flexibility index (Phi) is 5.14. The molecule has 2 atom stereocenters. The van der Waals surface area contributed by atoms with Crippen LogP contribution in [-0.2, 0) is 4.79 Å². The zero-order chi connectivity index (χ0) is 17.1. The number of pyridine rings is 1. The number of nitrogens with one attached hydrogen (secondary N) is 1. The smallest absolute Gasteiger partial charge is 0.220 e. The van der Waals surface area contributed by atoms with Crippen LogP contribution in [0.25, 0.3) is 0 Å². The number of carbonyl (C=O) groups is 1. The molecule has 2 aliphatic rings. The normalized spacial score (nSPS) is 24.6. The Balaban J connectivity index is 1.51. The van der Waals surface area contributed by atoms with E-state index in [0.717, 1.165) is 37.6 Å². The molecular formula is C18H27N5O. The largest absolute Gasteiger partial charge is 0.351 e. The SMILES string of the molecule is CC1N=C(c2ccccn2)N(CCCC(=O)NC2CN(C)C2)C1C. The van der Waals surface area contributed by atoms with E-state index in [1.807, 2.05) is 18.2 Å². The molecule has 0 bridgehead atoms. The van der Waals surface area contributed by atoms with Gasteiger partial charge in [-0.25, -0.2) is 0 Å². The van der Waals surface area contributed by atoms with E-state index in [-0.39, 0.29) is 11.9 Å². The van der Waals surface area contributed by atoms with Crippen LogP contribution in [0.4, 0.5) is 0 Å². The van der Waals surface area contributed by atoms with Crippen LogP contribution < -0.4 is 5.32 Å². The second-order valence-corrected chi connectivity index (χ2v) is 6.93. The highest BCUT2D eigenvalue weighted by Crippen LogP contribution is 2.21. The molecule has 0 aliphatic carbocycles. The van der Waals surface area contributed by atoms with Gasteiger partial charge in [-0.2, -0.15) is 0 Å². The molecule has 0 radical (unpaired) electrons. The van der Waals surface area contributed by atoms with Crippen molar-refractivity contribution < 1.29 is 4.79 Å². The molecule has 1 aromatic rings. The summed E-state index contributed by atoms with van der Waals surface area (Å²) in [5, 5.41) is 3.09. The fourth-order valence-corrected chi connectivity index (χ4v) is 3.35. The van der Waals surface area contributed by atoms with E-state index in [1.165, 1.54) is 0 Å². The zero-order valence-electron chi connectivity index (χ0n) is 14.8. The predicted octanol–water partition coefficient (Wildman–Crippen LogP) is 1.13. The highest BCUT2D eigenvalue weighted by Gasteiger charge is 2.31. The van der Waals surface area contributed by atoms with Crippen LogP contribution in [0.1, 0.15) is 32.4 Å². The summed E-state index contributed by atoms with van der Waals surface area (Å²) in [4.78, 5) is 25.7. The molecule has 0 spiro atoms. The minimum atomic E-state index is 0.157. The molecule has 6 nitrogen and oxygen atoms in total. The summed E-state index contributed by atoms with van der Waals surface area (Å²) in [6.45, 7) is 7.08. The van der Waals surface area contributed by atoms with Crippen molar-refractivity contribution in [2.75, 3.05) is 26.7 Å². The Hall–Kier alpha value is -1.95. The lowest BCUT2D eigenvalue weighted by Crippen LogP contribution is -2.57. The van der Waals surface area contributed by atoms with Gasteiger partial charge in [-0.05, 0) is 39.4 Å². The molecule has 1 fully saturated rings. The first-order valence-electron chi connectivity index (χ1n) is 8.78.